The number of cyclic esters (lactones) is 1. The van der Waals surface area contributed by atoms with E-state index in [1.807, 2.05) is 50.4 Å². The number of methoxy groups -OCH3 is 2. The lowest BCUT2D eigenvalue weighted by Gasteiger charge is -2.50. The predicted molar refractivity (Wildman–Crippen MR) is 300 cm³/mol. The van der Waals surface area contributed by atoms with Crippen molar-refractivity contribution in [3.8, 4) is 0 Å². The van der Waals surface area contributed by atoms with Crippen molar-refractivity contribution in [1.82, 2.24) is 14.8 Å². The number of aliphatic hydroxyl groups excluding tert-OH is 2. The van der Waals surface area contributed by atoms with E-state index >= 15 is 0 Å². The van der Waals surface area contributed by atoms with Crippen molar-refractivity contribution >= 4 is 40.3 Å². The maximum Gasteiger partial charge on any atom is 0.341 e. The predicted octanol–water partition coefficient (Wildman–Crippen LogP) is 4.62. The molecule has 0 bridgehead atoms. The van der Waals surface area contributed by atoms with Crippen LogP contribution in [-0.2, 0) is 63.4 Å². The zero-order chi connectivity index (χ0) is 60.1. The highest BCUT2D eigenvalue weighted by Crippen LogP contribution is 2.43. The third-order valence-electron chi connectivity index (χ3n) is 17.7. The number of likely N-dealkylation sites (N-methyl/N-ethyl adjacent to an activating group) is 1. The Kier molecular flexibility index (Phi) is 22.6. The molecule has 458 valence electrons. The van der Waals surface area contributed by atoms with Gasteiger partial charge in [0.15, 0.2) is 18.7 Å². The Morgan fingerprint density at radius 1 is 0.877 bits per heavy atom. The number of carbonyl (C=O) groups is 4. The lowest BCUT2D eigenvalue weighted by atomic mass is 9.74. The van der Waals surface area contributed by atoms with Gasteiger partial charge in [-0.3, -0.25) is 19.2 Å². The van der Waals surface area contributed by atoms with E-state index < -0.39 is 119 Å². The summed E-state index contributed by atoms with van der Waals surface area (Å²) < 4.78 is 59.0. The molecule has 3 saturated heterocycles. The summed E-state index contributed by atoms with van der Waals surface area (Å²) in [6, 6.07) is 3.43. The summed E-state index contributed by atoms with van der Waals surface area (Å²) in [7, 11) is 6.73. The molecule has 6 N–H and O–H groups in total. The first-order valence-electron chi connectivity index (χ1n) is 28.9. The fourth-order valence-electron chi connectivity index (χ4n) is 12.7. The van der Waals surface area contributed by atoms with E-state index in [0.717, 1.165) is 23.9 Å². The third-order valence-corrected chi connectivity index (χ3v) is 17.7. The van der Waals surface area contributed by atoms with Crippen LogP contribution in [0.3, 0.4) is 0 Å². The molecule has 5 heterocycles. The molecule has 0 spiro atoms. The number of nitrogens with zero attached hydrogens (tertiary/aromatic N) is 2. The maximum absolute atomic E-state index is 14.6. The van der Waals surface area contributed by atoms with Crippen LogP contribution >= 0.6 is 0 Å². The highest BCUT2D eigenvalue weighted by molar-refractivity contribution is 5.95. The van der Waals surface area contributed by atoms with Gasteiger partial charge in [-0.1, -0.05) is 27.7 Å². The fourth-order valence-corrected chi connectivity index (χ4v) is 12.7. The first kappa shape index (κ1) is 66.0. The minimum Gasteiger partial charge on any atom is -0.477 e. The van der Waals surface area contributed by atoms with Crippen LogP contribution in [0.25, 0.3) is 10.9 Å². The topological polar surface area (TPSA) is 282 Å². The van der Waals surface area contributed by atoms with Gasteiger partial charge in [-0.2, -0.15) is 0 Å². The van der Waals surface area contributed by atoms with Gasteiger partial charge >= 0.3 is 17.9 Å². The molecule has 3 fully saturated rings. The first-order valence-corrected chi connectivity index (χ1v) is 28.9. The van der Waals surface area contributed by atoms with Gasteiger partial charge < -0.3 is 83.2 Å². The Balaban J connectivity index is 1.11. The number of hydrogen-bond donors (Lipinski definition) is 6. The van der Waals surface area contributed by atoms with Crippen molar-refractivity contribution in [3.63, 3.8) is 0 Å². The number of pyridine rings is 1. The second-order valence-corrected chi connectivity index (χ2v) is 24.1. The molecule has 1 aromatic heterocycles. The molecule has 6 rings (SSSR count). The number of anilines is 1. The monoisotopic (exact) mass is 1150 g/mol. The summed E-state index contributed by atoms with van der Waals surface area (Å²) in [6.07, 6.45) is -6.52. The molecule has 0 radical (unpaired) electrons. The molecule has 2 aromatic rings. The number of rotatable bonds is 20. The normalized spacial score (nSPS) is 37.2. The smallest absolute Gasteiger partial charge is 0.341 e. The van der Waals surface area contributed by atoms with Crippen LogP contribution in [-0.4, -0.2) is 199 Å². The first-order chi connectivity index (χ1) is 38.0. The van der Waals surface area contributed by atoms with E-state index in [1.54, 1.807) is 47.6 Å². The van der Waals surface area contributed by atoms with Crippen LogP contribution in [0.4, 0.5) is 5.69 Å². The number of hydrogen-bond acceptors (Lipinski definition) is 20. The molecule has 0 saturated carbocycles. The molecular weight excluding hydrogens is 1050 g/mol. The quantitative estimate of drug-likeness (QED) is 0.0779. The van der Waals surface area contributed by atoms with E-state index in [0.29, 0.717) is 50.3 Å². The number of carbonyl (C=O) groups excluding carboxylic acids is 3. The second-order valence-electron chi connectivity index (χ2n) is 24.1. The van der Waals surface area contributed by atoms with Gasteiger partial charge in [-0.15, -0.1) is 0 Å². The highest BCUT2D eigenvalue weighted by Gasteiger charge is 2.55. The lowest BCUT2D eigenvalue weighted by molar-refractivity contribution is -0.320. The summed E-state index contributed by atoms with van der Waals surface area (Å²) >= 11 is 0. The highest BCUT2D eigenvalue weighted by atomic mass is 16.7. The number of carboxylic acid groups (broad SMARTS) is 1. The number of carboxylic acids is 1. The van der Waals surface area contributed by atoms with Gasteiger partial charge in [0.2, 0.25) is 5.43 Å². The Bertz CT molecular complexity index is 2540. The fraction of sp³-hybridized carbons (Fsp3) is 0.780. The number of aromatic nitrogens is 1. The number of ketones is 1. The van der Waals surface area contributed by atoms with Gasteiger partial charge in [0, 0.05) is 87.4 Å². The van der Waals surface area contributed by atoms with Crippen molar-refractivity contribution in [2.45, 2.75) is 211 Å². The maximum atomic E-state index is 14.6. The number of Topliss-reactive ketones (excluding diaryl/α,β-unsaturated/α-hetero) is 1. The second kappa shape index (κ2) is 27.7. The van der Waals surface area contributed by atoms with Crippen molar-refractivity contribution in [1.29, 1.82) is 0 Å². The molecule has 1 aromatic carbocycles. The largest absolute Gasteiger partial charge is 0.477 e. The van der Waals surface area contributed by atoms with Crippen LogP contribution in [0.1, 0.15) is 137 Å². The van der Waals surface area contributed by atoms with Gasteiger partial charge in [0.25, 0.3) is 0 Å². The van der Waals surface area contributed by atoms with Crippen molar-refractivity contribution < 1.29 is 82.2 Å². The lowest BCUT2D eigenvalue weighted by Crippen LogP contribution is -2.61. The Labute approximate surface area is 477 Å². The van der Waals surface area contributed by atoms with Gasteiger partial charge in [-0.05, 0) is 112 Å². The van der Waals surface area contributed by atoms with E-state index in [4.69, 9.17) is 42.6 Å². The average Bonchev–Trinajstić information content (AvgIpc) is 3.56. The molecule has 0 aliphatic carbocycles. The van der Waals surface area contributed by atoms with Crippen LogP contribution in [0, 0.1) is 23.7 Å². The van der Waals surface area contributed by atoms with Crippen molar-refractivity contribution in [2.75, 3.05) is 66.5 Å². The molecule has 4 aliphatic heterocycles. The minimum absolute atomic E-state index is 0.0248. The van der Waals surface area contributed by atoms with E-state index in [9.17, 15) is 44.4 Å². The number of ether oxygens (including phenoxy) is 9. The molecule has 0 amide bonds. The molecule has 19 atom stereocenters. The van der Waals surface area contributed by atoms with E-state index in [2.05, 4.69) is 10.6 Å². The molecule has 4 aliphatic rings. The standard InChI is InChI=1S/C59H94N4O18/c1-16-43-59(11,72)51(68)34(5)47(65)31(2)28-57(9,73-14)52(81-56-49(67)42(62(12)13)25-33(4)76-56)35(6)50(36(7)55(71)78-43)80-45-29-58(10,74-15)53(37(8)77-45)79-44(64)19-20-60-21-23-75-24-22-61-39-26-38-18-17-32(3)63-30-41(54(69)70)48(66)40(27-39)46(38)63/h26-27,30-37,42-43,45,49-53,56,60-61,67-68,72H,16-25,28-29H2,1-15H3,(H,69,70)/t31-,32?,33?,34+,35+,36?,37?,42?,43-,45+,49-,50+,51-,52-,53+,56?,57?,58-,59-/m1/s1. The van der Waals surface area contributed by atoms with Crippen LogP contribution < -0.4 is 16.1 Å². The van der Waals surface area contributed by atoms with Crippen molar-refractivity contribution in [3.05, 3.63) is 39.7 Å². The van der Waals surface area contributed by atoms with Crippen molar-refractivity contribution in [2.24, 2.45) is 23.7 Å². The molecule has 22 nitrogen and oxygen atoms in total. The minimum atomic E-state index is -2.03. The van der Waals surface area contributed by atoms with Gasteiger partial charge in [0.1, 0.15) is 34.8 Å². The summed E-state index contributed by atoms with van der Waals surface area (Å²) in [6.45, 7) is 20.9. The van der Waals surface area contributed by atoms with Gasteiger partial charge in [0.05, 0.1) is 67.2 Å². The molecule has 22 heteroatoms. The number of nitrogens with one attached hydrogen (secondary N) is 2. The van der Waals surface area contributed by atoms with Crippen LogP contribution in [0.15, 0.2) is 23.1 Å². The van der Waals surface area contributed by atoms with Crippen LogP contribution in [0.2, 0.25) is 0 Å². The Hall–Kier alpha value is -4.17. The third kappa shape index (κ3) is 14.9. The summed E-state index contributed by atoms with van der Waals surface area (Å²) in [5.74, 6) is -6.59. The van der Waals surface area contributed by atoms with Crippen LogP contribution in [0.5, 0.6) is 0 Å². The molecule has 81 heavy (non-hydrogen) atoms. The van der Waals surface area contributed by atoms with E-state index in [-0.39, 0.29) is 55.2 Å². The zero-order valence-corrected chi connectivity index (χ0v) is 50.4. The van der Waals surface area contributed by atoms with Gasteiger partial charge in [-0.25, -0.2) is 4.79 Å². The zero-order valence-electron chi connectivity index (χ0n) is 50.4. The Morgan fingerprint density at radius 3 is 2.19 bits per heavy atom. The summed E-state index contributed by atoms with van der Waals surface area (Å²) in [5, 5.41) is 51.9. The number of aliphatic hydroxyl groups is 3. The number of aromatic carboxylic acids is 1. The number of aryl methyl sites for hydroxylation is 1. The Morgan fingerprint density at radius 2 is 1.54 bits per heavy atom. The summed E-state index contributed by atoms with van der Waals surface area (Å²) in [4.78, 5) is 69.2. The SMILES string of the molecule is CC[C@H]1OC(=O)C(C)[C@@H](O[C@H]2C[C@@](C)(OC)[C@@H](OC(=O)CCNCCOCCNc3cc4c5c(c3)c(=O)c(C(=O)O)cn5C(C)CC4)C(C)O2)[C@H](C)[C@@H](OC2OC(C)CC(N(C)C)[C@H]2O)C(C)(OC)C[C@@H](C)C(=O)[C@H](C)[C@@H](O)[C@]1(C)O. The van der Waals surface area contributed by atoms with E-state index in [1.165, 1.54) is 34.3 Å². The molecule has 7 unspecified atom stereocenters. The number of benzene rings is 1. The number of esters is 2. The summed E-state index contributed by atoms with van der Waals surface area (Å²) in [5.41, 5.74) is -2.81. The average molecular weight is 1150 g/mol. The molecular formula is C59H94N4O18.